The van der Waals surface area contributed by atoms with Crippen LogP contribution in [0, 0.1) is 0 Å². The van der Waals surface area contributed by atoms with Crippen LogP contribution in [0.4, 0.5) is 0 Å². The number of fused-ring (bicyclic) bond motifs is 1. The van der Waals surface area contributed by atoms with Gasteiger partial charge in [0.2, 0.25) is 11.8 Å². The van der Waals surface area contributed by atoms with E-state index in [9.17, 15) is 9.59 Å². The molecule has 2 N–H and O–H groups in total. The predicted molar refractivity (Wildman–Crippen MR) is 116 cm³/mol. The number of primary amides is 1. The Morgan fingerprint density at radius 3 is 2.73 bits per heavy atom. The number of likely N-dealkylation sites (N-methyl/N-ethyl adjacent to an activating group) is 1. The molecular weight excluding hydrogens is 380 g/mol. The molecule has 2 aromatic rings. The third kappa shape index (κ3) is 4.61. The molecule has 1 aromatic carbocycles. The Kier molecular flexibility index (Phi) is 6.27. The van der Waals surface area contributed by atoms with E-state index in [4.69, 9.17) is 10.5 Å². The molecule has 7 heteroatoms. The summed E-state index contributed by atoms with van der Waals surface area (Å²) in [5, 5.41) is 1.01. The molecule has 0 bridgehead atoms. The minimum atomic E-state index is -0.354. The number of carbonyl (C=O) groups is 2. The molecule has 1 aromatic heterocycles. The van der Waals surface area contributed by atoms with Crippen molar-refractivity contribution in [2.45, 2.75) is 57.2 Å². The van der Waals surface area contributed by atoms with Crippen LogP contribution in [0.5, 0.6) is 5.75 Å². The minimum absolute atomic E-state index is 0.170. The lowest BCUT2D eigenvalue weighted by atomic mass is 10.0. The zero-order valence-electron chi connectivity index (χ0n) is 17.8. The summed E-state index contributed by atoms with van der Waals surface area (Å²) in [7, 11) is 1.96. The SMILES string of the molecule is CN1C(=O)CCCCC1CN1CCC(Oc2cccc3c2ccn3CC(N)=O)CC1. The summed E-state index contributed by atoms with van der Waals surface area (Å²) < 4.78 is 8.22. The van der Waals surface area contributed by atoms with E-state index < -0.39 is 0 Å². The van der Waals surface area contributed by atoms with E-state index in [1.807, 2.05) is 47.0 Å². The van der Waals surface area contributed by atoms with Gasteiger partial charge in [0.05, 0.1) is 5.52 Å². The average Bonchev–Trinajstić information content (AvgIpc) is 3.06. The zero-order chi connectivity index (χ0) is 21.1. The number of rotatable bonds is 6. The van der Waals surface area contributed by atoms with Crippen LogP contribution in [0.1, 0.15) is 38.5 Å². The molecule has 0 saturated carbocycles. The fourth-order valence-corrected chi connectivity index (χ4v) is 4.73. The van der Waals surface area contributed by atoms with Crippen LogP contribution in [0.3, 0.4) is 0 Å². The van der Waals surface area contributed by atoms with Gasteiger partial charge < -0.3 is 24.8 Å². The van der Waals surface area contributed by atoms with Crippen LogP contribution in [0.15, 0.2) is 30.5 Å². The average molecular weight is 413 g/mol. The first kappa shape index (κ1) is 20.7. The Morgan fingerprint density at radius 1 is 1.17 bits per heavy atom. The molecule has 2 aliphatic heterocycles. The lowest BCUT2D eigenvalue weighted by molar-refractivity contribution is -0.131. The summed E-state index contributed by atoms with van der Waals surface area (Å²) in [6.07, 6.45) is 7.96. The molecule has 4 rings (SSSR count). The van der Waals surface area contributed by atoms with Crippen LogP contribution in [-0.4, -0.2) is 65.0 Å². The van der Waals surface area contributed by atoms with Gasteiger partial charge in [0.15, 0.2) is 0 Å². The van der Waals surface area contributed by atoms with Crippen molar-refractivity contribution >= 4 is 22.7 Å². The number of amides is 2. The van der Waals surface area contributed by atoms with Gasteiger partial charge in [-0.1, -0.05) is 12.5 Å². The Hall–Kier alpha value is -2.54. The van der Waals surface area contributed by atoms with Crippen molar-refractivity contribution in [1.29, 1.82) is 0 Å². The summed E-state index contributed by atoms with van der Waals surface area (Å²) in [6.45, 7) is 3.10. The van der Waals surface area contributed by atoms with E-state index in [1.54, 1.807) is 0 Å². The number of hydrogen-bond acceptors (Lipinski definition) is 4. The summed E-state index contributed by atoms with van der Waals surface area (Å²) in [4.78, 5) is 27.9. The first-order chi connectivity index (χ1) is 14.5. The van der Waals surface area contributed by atoms with Crippen LogP contribution in [0.2, 0.25) is 0 Å². The highest BCUT2D eigenvalue weighted by Gasteiger charge is 2.28. The van der Waals surface area contributed by atoms with Crippen LogP contribution < -0.4 is 10.5 Å². The minimum Gasteiger partial charge on any atom is -0.490 e. The summed E-state index contributed by atoms with van der Waals surface area (Å²) in [6, 6.07) is 8.26. The molecule has 3 heterocycles. The number of carbonyl (C=O) groups excluding carboxylic acids is 2. The molecule has 2 fully saturated rings. The van der Waals surface area contributed by atoms with Gasteiger partial charge in [0.1, 0.15) is 18.4 Å². The zero-order valence-corrected chi connectivity index (χ0v) is 17.8. The Morgan fingerprint density at radius 2 is 1.97 bits per heavy atom. The highest BCUT2D eigenvalue weighted by Crippen LogP contribution is 2.29. The number of aromatic nitrogens is 1. The van der Waals surface area contributed by atoms with E-state index in [1.165, 1.54) is 0 Å². The lowest BCUT2D eigenvalue weighted by Gasteiger charge is -2.36. The first-order valence-electron chi connectivity index (χ1n) is 11.0. The highest BCUT2D eigenvalue weighted by atomic mass is 16.5. The quantitative estimate of drug-likeness (QED) is 0.790. The fraction of sp³-hybridized carbons (Fsp3) is 0.565. The standard InChI is InChI=1S/C23H32N4O3/c1-25-17(5-2-3-8-23(25)29)15-26-12-9-18(10-13-26)30-21-7-4-6-20-19(21)11-14-27(20)16-22(24)28/h4,6-7,11,14,17-18H,2-3,5,8-10,12-13,15-16H2,1H3,(H2,24,28). The molecule has 0 radical (unpaired) electrons. The molecule has 7 nitrogen and oxygen atoms in total. The van der Waals surface area contributed by atoms with Crippen molar-refractivity contribution < 1.29 is 14.3 Å². The van der Waals surface area contributed by atoms with E-state index in [0.29, 0.717) is 12.5 Å². The number of likely N-dealkylation sites (tertiary alicyclic amines) is 2. The molecule has 30 heavy (non-hydrogen) atoms. The van der Waals surface area contributed by atoms with Crippen LogP contribution in [0.25, 0.3) is 10.9 Å². The molecule has 2 aliphatic rings. The second-order valence-corrected chi connectivity index (χ2v) is 8.62. The second-order valence-electron chi connectivity index (χ2n) is 8.62. The summed E-state index contributed by atoms with van der Waals surface area (Å²) in [5.74, 6) is 0.794. The number of ether oxygens (including phenoxy) is 1. The molecule has 2 saturated heterocycles. The number of benzene rings is 1. The Balaban J connectivity index is 1.34. The number of nitrogens with two attached hydrogens (primary N) is 1. The molecule has 1 unspecified atom stereocenters. The van der Waals surface area contributed by atoms with E-state index in [0.717, 1.165) is 68.4 Å². The first-order valence-corrected chi connectivity index (χ1v) is 11.0. The Labute approximate surface area is 177 Å². The number of nitrogens with zero attached hydrogens (tertiary/aromatic N) is 3. The van der Waals surface area contributed by atoms with Gasteiger partial charge in [-0.15, -0.1) is 0 Å². The third-order valence-corrected chi connectivity index (χ3v) is 6.52. The van der Waals surface area contributed by atoms with Crippen molar-refractivity contribution in [1.82, 2.24) is 14.4 Å². The molecule has 0 spiro atoms. The maximum atomic E-state index is 12.1. The van der Waals surface area contributed by atoms with Gasteiger partial charge >= 0.3 is 0 Å². The van der Waals surface area contributed by atoms with E-state index in [2.05, 4.69) is 4.90 Å². The van der Waals surface area contributed by atoms with Crippen LogP contribution >= 0.6 is 0 Å². The molecule has 2 amide bonds. The lowest BCUT2D eigenvalue weighted by Crippen LogP contribution is -2.47. The molecular formula is C23H32N4O3. The predicted octanol–water partition coefficient (Wildman–Crippen LogP) is 2.37. The van der Waals surface area contributed by atoms with Crippen molar-refractivity contribution in [2.75, 3.05) is 26.7 Å². The van der Waals surface area contributed by atoms with Crippen molar-refractivity contribution in [3.05, 3.63) is 30.5 Å². The van der Waals surface area contributed by atoms with E-state index in [-0.39, 0.29) is 24.5 Å². The van der Waals surface area contributed by atoms with Gasteiger partial charge in [-0.05, 0) is 43.9 Å². The maximum absolute atomic E-state index is 12.1. The maximum Gasteiger partial charge on any atom is 0.237 e. The normalized spacial score (nSPS) is 21.7. The summed E-state index contributed by atoms with van der Waals surface area (Å²) >= 11 is 0. The molecule has 162 valence electrons. The van der Waals surface area contributed by atoms with Gasteiger partial charge in [0.25, 0.3) is 0 Å². The van der Waals surface area contributed by atoms with Gasteiger partial charge in [-0.2, -0.15) is 0 Å². The van der Waals surface area contributed by atoms with Crippen molar-refractivity contribution in [3.8, 4) is 5.75 Å². The molecule has 1 atom stereocenters. The number of hydrogen-bond donors (Lipinski definition) is 1. The van der Waals surface area contributed by atoms with Gasteiger partial charge in [-0.3, -0.25) is 9.59 Å². The van der Waals surface area contributed by atoms with Crippen molar-refractivity contribution in [3.63, 3.8) is 0 Å². The highest BCUT2D eigenvalue weighted by molar-refractivity contribution is 5.88. The van der Waals surface area contributed by atoms with Crippen molar-refractivity contribution in [2.24, 2.45) is 5.73 Å². The largest absolute Gasteiger partial charge is 0.490 e. The second kappa shape index (κ2) is 9.08. The summed E-state index contributed by atoms with van der Waals surface area (Å²) in [5.41, 5.74) is 6.31. The Bertz CT molecular complexity index is 901. The monoisotopic (exact) mass is 412 g/mol. The fourth-order valence-electron chi connectivity index (χ4n) is 4.73. The van der Waals surface area contributed by atoms with Gasteiger partial charge in [0, 0.05) is 50.7 Å². The third-order valence-electron chi connectivity index (χ3n) is 6.52. The number of piperidine rings is 1. The van der Waals surface area contributed by atoms with Crippen LogP contribution in [-0.2, 0) is 16.1 Å². The van der Waals surface area contributed by atoms with Gasteiger partial charge in [-0.25, -0.2) is 0 Å². The molecule has 0 aliphatic carbocycles. The topological polar surface area (TPSA) is 80.8 Å². The van der Waals surface area contributed by atoms with E-state index >= 15 is 0 Å². The smallest absolute Gasteiger partial charge is 0.237 e.